The van der Waals surface area contributed by atoms with E-state index in [4.69, 9.17) is 0 Å². The van der Waals surface area contributed by atoms with Crippen molar-refractivity contribution in [3.63, 3.8) is 0 Å². The molecule has 1 atom stereocenters. The molecule has 1 heterocycles. The van der Waals surface area contributed by atoms with Crippen LogP contribution in [0.5, 0.6) is 0 Å². The first-order chi connectivity index (χ1) is 10.3. The molecule has 3 heteroatoms. The highest BCUT2D eigenvalue weighted by atomic mass is 79.9. The molecule has 2 aromatic carbocycles. The van der Waals surface area contributed by atoms with E-state index in [0.717, 1.165) is 23.0 Å². The zero-order valence-corrected chi connectivity index (χ0v) is 13.1. The highest BCUT2D eigenvalue weighted by Gasteiger charge is 2.23. The molecule has 1 aliphatic rings. The number of rotatable bonds is 2. The number of aromatic nitrogens is 1. The third kappa shape index (κ3) is 2.42. The molecule has 1 N–H and O–H groups in total. The molecule has 0 radical (unpaired) electrons. The molecule has 1 aromatic heterocycles. The van der Waals surface area contributed by atoms with Gasteiger partial charge in [0.2, 0.25) is 0 Å². The van der Waals surface area contributed by atoms with Gasteiger partial charge in [0.15, 0.2) is 0 Å². The molecule has 0 bridgehead atoms. The van der Waals surface area contributed by atoms with Gasteiger partial charge in [0.25, 0.3) is 0 Å². The largest absolute Gasteiger partial charge is 0.377 e. The smallest absolute Gasteiger partial charge is 0.0691 e. The van der Waals surface area contributed by atoms with Crippen molar-refractivity contribution in [1.82, 2.24) is 4.98 Å². The molecular weight excluding hydrogens is 324 g/mol. The van der Waals surface area contributed by atoms with Crippen LogP contribution in [0.2, 0.25) is 0 Å². The number of benzene rings is 2. The number of nitrogens with one attached hydrogen (secondary N) is 1. The quantitative estimate of drug-likeness (QED) is 0.703. The first kappa shape index (κ1) is 12.8. The first-order valence-corrected chi connectivity index (χ1v) is 7.98. The minimum Gasteiger partial charge on any atom is -0.377 e. The van der Waals surface area contributed by atoms with Crippen LogP contribution in [0.3, 0.4) is 0 Å². The fraction of sp³-hybridized carbons (Fsp3) is 0.167. The number of aryl methyl sites for hydroxylation is 1. The fourth-order valence-electron chi connectivity index (χ4n) is 3.06. The van der Waals surface area contributed by atoms with Gasteiger partial charge in [-0.05, 0) is 59.5 Å². The van der Waals surface area contributed by atoms with E-state index >= 15 is 0 Å². The van der Waals surface area contributed by atoms with Gasteiger partial charge in [-0.15, -0.1) is 0 Å². The molecule has 104 valence electrons. The van der Waals surface area contributed by atoms with Crippen molar-refractivity contribution < 1.29 is 0 Å². The summed E-state index contributed by atoms with van der Waals surface area (Å²) in [4.78, 5) is 4.54. The van der Waals surface area contributed by atoms with Crippen LogP contribution in [0, 0.1) is 0 Å². The maximum absolute atomic E-state index is 4.54. The lowest BCUT2D eigenvalue weighted by Gasteiger charge is -2.15. The lowest BCUT2D eigenvalue weighted by molar-refractivity contribution is 0.746. The Labute approximate surface area is 132 Å². The number of pyridine rings is 1. The highest BCUT2D eigenvalue weighted by Crippen LogP contribution is 2.33. The van der Waals surface area contributed by atoms with Crippen LogP contribution in [-0.4, -0.2) is 4.98 Å². The summed E-state index contributed by atoms with van der Waals surface area (Å²) in [5.41, 5.74) is 3.74. The molecule has 1 unspecified atom stereocenters. The standard InChI is InChI=1S/C18H15BrN2/c19-15-6-3-14-11-16(7-4-13(14)10-15)21-17-8-5-12-2-1-9-20-18(12)17/h1-4,6-7,9-11,17,21H,5,8H2. The van der Waals surface area contributed by atoms with Gasteiger partial charge in [0, 0.05) is 16.4 Å². The number of fused-ring (bicyclic) bond motifs is 2. The molecule has 0 saturated heterocycles. The molecule has 0 spiro atoms. The second-order valence-electron chi connectivity index (χ2n) is 5.49. The van der Waals surface area contributed by atoms with E-state index < -0.39 is 0 Å². The summed E-state index contributed by atoms with van der Waals surface area (Å²) in [6.07, 6.45) is 4.11. The summed E-state index contributed by atoms with van der Waals surface area (Å²) in [6, 6.07) is 17.4. The predicted octanol–water partition coefficient (Wildman–Crippen LogP) is 5.10. The number of halogens is 1. The third-order valence-corrected chi connectivity index (χ3v) is 4.59. The number of nitrogens with zero attached hydrogens (tertiary/aromatic N) is 1. The molecular formula is C18H15BrN2. The van der Waals surface area contributed by atoms with E-state index in [2.05, 4.69) is 68.7 Å². The van der Waals surface area contributed by atoms with Gasteiger partial charge in [0.1, 0.15) is 0 Å². The monoisotopic (exact) mass is 338 g/mol. The lowest BCUT2D eigenvalue weighted by atomic mass is 10.1. The Morgan fingerprint density at radius 2 is 1.90 bits per heavy atom. The van der Waals surface area contributed by atoms with Crippen LogP contribution in [0.1, 0.15) is 23.7 Å². The summed E-state index contributed by atoms with van der Waals surface area (Å²) in [5.74, 6) is 0. The van der Waals surface area contributed by atoms with Crippen LogP contribution in [0.25, 0.3) is 10.8 Å². The molecule has 3 aromatic rings. The van der Waals surface area contributed by atoms with E-state index in [1.165, 1.54) is 22.0 Å². The molecule has 0 amide bonds. The topological polar surface area (TPSA) is 24.9 Å². The second-order valence-corrected chi connectivity index (χ2v) is 6.41. The van der Waals surface area contributed by atoms with Gasteiger partial charge in [-0.2, -0.15) is 0 Å². The number of anilines is 1. The van der Waals surface area contributed by atoms with Crippen molar-refractivity contribution >= 4 is 32.4 Å². The minimum absolute atomic E-state index is 0.328. The van der Waals surface area contributed by atoms with Crippen LogP contribution >= 0.6 is 15.9 Å². The summed E-state index contributed by atoms with van der Waals surface area (Å²) < 4.78 is 1.12. The molecule has 0 aliphatic heterocycles. The zero-order valence-electron chi connectivity index (χ0n) is 11.5. The Hall–Kier alpha value is -1.87. The van der Waals surface area contributed by atoms with Gasteiger partial charge < -0.3 is 5.32 Å². The van der Waals surface area contributed by atoms with E-state index in [-0.39, 0.29) is 0 Å². The van der Waals surface area contributed by atoms with Crippen LogP contribution in [0.15, 0.2) is 59.2 Å². The van der Waals surface area contributed by atoms with Gasteiger partial charge >= 0.3 is 0 Å². The van der Waals surface area contributed by atoms with Gasteiger partial charge in [0.05, 0.1) is 11.7 Å². The second kappa shape index (κ2) is 5.15. The Balaban J connectivity index is 1.65. The molecule has 1 aliphatic carbocycles. The maximum Gasteiger partial charge on any atom is 0.0691 e. The maximum atomic E-state index is 4.54. The van der Waals surface area contributed by atoms with E-state index in [1.54, 1.807) is 0 Å². The van der Waals surface area contributed by atoms with Crippen molar-refractivity contribution in [2.45, 2.75) is 18.9 Å². The summed E-state index contributed by atoms with van der Waals surface area (Å²) in [5, 5.41) is 6.13. The Morgan fingerprint density at radius 3 is 2.86 bits per heavy atom. The minimum atomic E-state index is 0.328. The SMILES string of the molecule is Brc1ccc2cc(NC3CCc4cccnc43)ccc2c1. The van der Waals surface area contributed by atoms with Crippen molar-refractivity contribution in [2.24, 2.45) is 0 Å². The van der Waals surface area contributed by atoms with E-state index in [1.807, 2.05) is 12.3 Å². The summed E-state index contributed by atoms with van der Waals surface area (Å²) >= 11 is 3.52. The lowest BCUT2D eigenvalue weighted by Crippen LogP contribution is -2.08. The predicted molar refractivity (Wildman–Crippen MR) is 90.6 cm³/mol. The molecule has 4 rings (SSSR count). The molecule has 0 saturated carbocycles. The van der Waals surface area contributed by atoms with Gasteiger partial charge in [-0.3, -0.25) is 4.98 Å². The molecule has 21 heavy (non-hydrogen) atoms. The highest BCUT2D eigenvalue weighted by molar-refractivity contribution is 9.10. The number of hydrogen-bond donors (Lipinski definition) is 1. The molecule has 0 fully saturated rings. The average Bonchev–Trinajstić information content (AvgIpc) is 2.91. The Kier molecular flexibility index (Phi) is 3.15. The third-order valence-electron chi connectivity index (χ3n) is 4.10. The van der Waals surface area contributed by atoms with E-state index in [9.17, 15) is 0 Å². The van der Waals surface area contributed by atoms with Crippen LogP contribution in [0.4, 0.5) is 5.69 Å². The summed E-state index contributed by atoms with van der Waals surface area (Å²) in [6.45, 7) is 0. The van der Waals surface area contributed by atoms with Crippen molar-refractivity contribution in [3.8, 4) is 0 Å². The normalized spacial score (nSPS) is 16.9. The Bertz CT molecular complexity index is 813. The van der Waals surface area contributed by atoms with Crippen molar-refractivity contribution in [1.29, 1.82) is 0 Å². The summed E-state index contributed by atoms with van der Waals surface area (Å²) in [7, 11) is 0. The zero-order chi connectivity index (χ0) is 14.2. The van der Waals surface area contributed by atoms with Gasteiger partial charge in [-0.1, -0.05) is 34.1 Å². The van der Waals surface area contributed by atoms with Crippen molar-refractivity contribution in [3.05, 3.63) is 70.5 Å². The van der Waals surface area contributed by atoms with Crippen LogP contribution < -0.4 is 5.32 Å². The fourth-order valence-corrected chi connectivity index (χ4v) is 3.44. The average molecular weight is 339 g/mol. The first-order valence-electron chi connectivity index (χ1n) is 7.19. The van der Waals surface area contributed by atoms with Gasteiger partial charge in [-0.25, -0.2) is 0 Å². The Morgan fingerprint density at radius 1 is 1.05 bits per heavy atom. The van der Waals surface area contributed by atoms with E-state index in [0.29, 0.717) is 6.04 Å². The van der Waals surface area contributed by atoms with Crippen LogP contribution in [-0.2, 0) is 6.42 Å². The molecule has 2 nitrogen and oxygen atoms in total. The number of hydrogen-bond acceptors (Lipinski definition) is 2. The van der Waals surface area contributed by atoms with Crippen molar-refractivity contribution in [2.75, 3.05) is 5.32 Å².